The van der Waals surface area contributed by atoms with E-state index in [0.717, 1.165) is 12.3 Å². The molecule has 17 heavy (non-hydrogen) atoms. The Morgan fingerprint density at radius 2 is 2.29 bits per heavy atom. The Hall–Kier alpha value is -2.12. The fourth-order valence-electron chi connectivity index (χ4n) is 1.21. The zero-order chi connectivity index (χ0) is 13.0. The Morgan fingerprint density at radius 3 is 2.76 bits per heavy atom. The Labute approximate surface area is 94.4 Å². The highest BCUT2D eigenvalue weighted by Crippen LogP contribution is 2.30. The predicted octanol–water partition coefficient (Wildman–Crippen LogP) is 2.10. The minimum Gasteiger partial charge on any atom is -0.462 e. The molecule has 0 atom stereocenters. The standard InChI is InChI=1S/C9H8F2N2O4/c1-2-17-9(14)5-3-4-12-8(13(15)16)6(5)7(10)11/h3-4,7H,2H2,1H3. The third-order valence-electron chi connectivity index (χ3n) is 1.86. The number of nitrogens with zero attached hydrogens (tertiary/aromatic N) is 2. The molecule has 0 unspecified atom stereocenters. The molecule has 0 saturated carbocycles. The van der Waals surface area contributed by atoms with Crippen LogP contribution in [-0.2, 0) is 4.74 Å². The number of rotatable bonds is 4. The second-order valence-electron chi connectivity index (χ2n) is 2.87. The fraction of sp³-hybridized carbons (Fsp3) is 0.333. The molecular formula is C9H8F2N2O4. The van der Waals surface area contributed by atoms with Crippen LogP contribution in [0, 0.1) is 10.1 Å². The van der Waals surface area contributed by atoms with Gasteiger partial charge in [-0.15, -0.1) is 0 Å². The first-order chi connectivity index (χ1) is 7.99. The SMILES string of the molecule is CCOC(=O)c1ccnc([N+](=O)[O-])c1C(F)F. The topological polar surface area (TPSA) is 82.3 Å². The molecule has 92 valence electrons. The maximum atomic E-state index is 12.7. The van der Waals surface area contributed by atoms with Crippen molar-refractivity contribution in [3.63, 3.8) is 0 Å². The first-order valence-corrected chi connectivity index (χ1v) is 4.57. The molecular weight excluding hydrogens is 238 g/mol. The van der Waals surface area contributed by atoms with Crippen molar-refractivity contribution in [2.45, 2.75) is 13.3 Å². The van der Waals surface area contributed by atoms with Gasteiger partial charge < -0.3 is 14.9 Å². The normalized spacial score (nSPS) is 10.4. The molecule has 1 rings (SSSR count). The number of halogens is 2. The molecule has 0 aromatic carbocycles. The van der Waals surface area contributed by atoms with Gasteiger partial charge in [0.25, 0.3) is 6.43 Å². The van der Waals surface area contributed by atoms with E-state index in [1.54, 1.807) is 0 Å². The van der Waals surface area contributed by atoms with E-state index in [1.165, 1.54) is 6.92 Å². The lowest BCUT2D eigenvalue weighted by Crippen LogP contribution is -2.11. The number of pyridine rings is 1. The summed E-state index contributed by atoms with van der Waals surface area (Å²) in [5, 5.41) is 10.5. The molecule has 0 fully saturated rings. The first kappa shape index (κ1) is 12.9. The predicted molar refractivity (Wildman–Crippen MR) is 51.8 cm³/mol. The third-order valence-corrected chi connectivity index (χ3v) is 1.86. The van der Waals surface area contributed by atoms with Gasteiger partial charge in [0, 0.05) is 0 Å². The second-order valence-corrected chi connectivity index (χ2v) is 2.87. The molecule has 0 radical (unpaired) electrons. The smallest absolute Gasteiger partial charge is 0.373 e. The van der Waals surface area contributed by atoms with Crippen LogP contribution in [0.5, 0.6) is 0 Å². The summed E-state index contributed by atoms with van der Waals surface area (Å²) < 4.78 is 29.9. The molecule has 1 aromatic rings. The number of ether oxygens (including phenoxy) is 1. The van der Waals surface area contributed by atoms with Gasteiger partial charge in [-0.2, -0.15) is 0 Å². The van der Waals surface area contributed by atoms with E-state index in [-0.39, 0.29) is 6.61 Å². The van der Waals surface area contributed by atoms with Crippen LogP contribution in [0.1, 0.15) is 29.3 Å². The summed E-state index contributed by atoms with van der Waals surface area (Å²) in [5.41, 5.74) is -1.56. The molecule has 0 aliphatic carbocycles. The van der Waals surface area contributed by atoms with Crippen molar-refractivity contribution in [1.82, 2.24) is 4.98 Å². The van der Waals surface area contributed by atoms with Crippen molar-refractivity contribution in [2.75, 3.05) is 6.61 Å². The highest BCUT2D eigenvalue weighted by Gasteiger charge is 2.30. The molecule has 8 heteroatoms. The lowest BCUT2D eigenvalue weighted by atomic mass is 10.1. The maximum Gasteiger partial charge on any atom is 0.373 e. The largest absolute Gasteiger partial charge is 0.462 e. The highest BCUT2D eigenvalue weighted by molar-refractivity contribution is 5.92. The first-order valence-electron chi connectivity index (χ1n) is 4.57. The van der Waals surface area contributed by atoms with Crippen LogP contribution < -0.4 is 0 Å². The Balaban J connectivity index is 3.35. The van der Waals surface area contributed by atoms with E-state index < -0.39 is 34.3 Å². The molecule has 0 aliphatic rings. The Bertz CT molecular complexity index is 451. The van der Waals surface area contributed by atoms with Crippen molar-refractivity contribution < 1.29 is 23.2 Å². The van der Waals surface area contributed by atoms with Crippen LogP contribution in [0.25, 0.3) is 0 Å². The molecule has 0 saturated heterocycles. The van der Waals surface area contributed by atoms with Gasteiger partial charge in [0.1, 0.15) is 11.8 Å². The highest BCUT2D eigenvalue weighted by atomic mass is 19.3. The zero-order valence-corrected chi connectivity index (χ0v) is 8.72. The van der Waals surface area contributed by atoms with Gasteiger partial charge in [-0.25, -0.2) is 13.6 Å². The summed E-state index contributed by atoms with van der Waals surface area (Å²) in [4.78, 5) is 24.0. The molecule has 0 aliphatic heterocycles. The average molecular weight is 246 g/mol. The fourth-order valence-corrected chi connectivity index (χ4v) is 1.21. The van der Waals surface area contributed by atoms with Crippen LogP contribution >= 0.6 is 0 Å². The second kappa shape index (κ2) is 5.28. The van der Waals surface area contributed by atoms with Gasteiger partial charge in [0.05, 0.1) is 12.2 Å². The van der Waals surface area contributed by atoms with E-state index in [1.807, 2.05) is 0 Å². The quantitative estimate of drug-likeness (QED) is 0.461. The van der Waals surface area contributed by atoms with Crippen molar-refractivity contribution in [3.8, 4) is 0 Å². The minimum atomic E-state index is -3.18. The number of esters is 1. The van der Waals surface area contributed by atoms with Gasteiger partial charge >= 0.3 is 11.8 Å². The van der Waals surface area contributed by atoms with E-state index in [4.69, 9.17) is 0 Å². The molecule has 0 bridgehead atoms. The summed E-state index contributed by atoms with van der Waals surface area (Å²) in [6.45, 7) is 1.48. The van der Waals surface area contributed by atoms with Crippen molar-refractivity contribution in [3.05, 3.63) is 33.5 Å². The molecule has 0 spiro atoms. The lowest BCUT2D eigenvalue weighted by molar-refractivity contribution is -0.391. The van der Waals surface area contributed by atoms with Crippen LogP contribution in [0.15, 0.2) is 12.3 Å². The number of hydrogen-bond acceptors (Lipinski definition) is 5. The van der Waals surface area contributed by atoms with Crippen LogP contribution in [0.3, 0.4) is 0 Å². The van der Waals surface area contributed by atoms with E-state index in [9.17, 15) is 23.7 Å². The third kappa shape index (κ3) is 2.71. The van der Waals surface area contributed by atoms with E-state index >= 15 is 0 Å². The number of nitro groups is 1. The molecule has 0 N–H and O–H groups in total. The summed E-state index contributed by atoms with van der Waals surface area (Å²) >= 11 is 0. The molecule has 0 amide bonds. The molecule has 6 nitrogen and oxygen atoms in total. The summed E-state index contributed by atoms with van der Waals surface area (Å²) in [6, 6.07) is 0.965. The summed E-state index contributed by atoms with van der Waals surface area (Å²) in [6.07, 6.45) is -2.26. The van der Waals surface area contributed by atoms with Gasteiger partial charge in [0.2, 0.25) is 0 Å². The Morgan fingerprint density at radius 1 is 1.65 bits per heavy atom. The van der Waals surface area contributed by atoms with E-state index in [0.29, 0.717) is 0 Å². The van der Waals surface area contributed by atoms with Crippen molar-refractivity contribution >= 4 is 11.8 Å². The van der Waals surface area contributed by atoms with Gasteiger partial charge in [-0.3, -0.25) is 0 Å². The average Bonchev–Trinajstić information content (AvgIpc) is 2.28. The number of aromatic nitrogens is 1. The monoisotopic (exact) mass is 246 g/mol. The summed E-state index contributed by atoms with van der Waals surface area (Å²) in [5.74, 6) is -2.07. The van der Waals surface area contributed by atoms with Gasteiger partial charge in [-0.05, 0) is 22.9 Å². The summed E-state index contributed by atoms with van der Waals surface area (Å²) in [7, 11) is 0. The number of hydrogen-bond donors (Lipinski definition) is 0. The van der Waals surface area contributed by atoms with Crippen LogP contribution in [0.4, 0.5) is 14.6 Å². The molecule has 1 heterocycles. The Kier molecular flexibility index (Phi) is 4.02. The molecule has 1 aromatic heterocycles. The van der Waals surface area contributed by atoms with Crippen molar-refractivity contribution in [1.29, 1.82) is 0 Å². The lowest BCUT2D eigenvalue weighted by Gasteiger charge is -2.07. The van der Waals surface area contributed by atoms with E-state index in [2.05, 4.69) is 9.72 Å². The van der Waals surface area contributed by atoms with Gasteiger partial charge in [-0.1, -0.05) is 0 Å². The van der Waals surface area contributed by atoms with Crippen LogP contribution in [-0.4, -0.2) is 22.5 Å². The van der Waals surface area contributed by atoms with Gasteiger partial charge in [0.15, 0.2) is 0 Å². The van der Waals surface area contributed by atoms with Crippen LogP contribution in [0.2, 0.25) is 0 Å². The zero-order valence-electron chi connectivity index (χ0n) is 8.72. The minimum absolute atomic E-state index is 0.0162. The number of carbonyl (C=O) groups is 1. The number of alkyl halides is 2. The number of carbonyl (C=O) groups excluding carboxylic acids is 1. The van der Waals surface area contributed by atoms with Crippen molar-refractivity contribution in [2.24, 2.45) is 0 Å². The maximum absolute atomic E-state index is 12.7.